The van der Waals surface area contributed by atoms with Gasteiger partial charge in [0.15, 0.2) is 0 Å². The second-order valence-corrected chi connectivity index (χ2v) is 22.8. The van der Waals surface area contributed by atoms with Crippen LogP contribution < -0.4 is 0 Å². The molecule has 0 bridgehead atoms. The molecule has 0 N–H and O–H groups in total. The third-order valence-corrected chi connectivity index (χ3v) is 16.1. The number of hydrogen-bond acceptors (Lipinski definition) is 0. The smallest absolute Gasteiger partial charge is 0.0654 e. The van der Waals surface area contributed by atoms with Crippen molar-refractivity contribution in [2.75, 3.05) is 0 Å². The van der Waals surface area contributed by atoms with Gasteiger partial charge >= 0.3 is 0 Å². The Morgan fingerprint density at radius 3 is 1.08 bits per heavy atom. The van der Waals surface area contributed by atoms with Crippen LogP contribution in [0, 0.1) is 0 Å². The van der Waals surface area contributed by atoms with E-state index in [2.05, 4.69) is 85.0 Å². The standard InChI is InChI=1S/C22H44Br2Si2/c1-9-11-13-15-17-19(21(23)25(3,4)5)20(18-16-14-12-10-2)22(24)26(6,7)8/h9-18H2,1-8H3/b21-19+,22-20+. The topological polar surface area (TPSA) is 0 Å². The van der Waals surface area contributed by atoms with Crippen LogP contribution in [0.1, 0.15) is 78.1 Å². The van der Waals surface area contributed by atoms with E-state index >= 15 is 0 Å². The lowest BCUT2D eigenvalue weighted by molar-refractivity contribution is 0.648. The Hall–Kier alpha value is 0.874. The van der Waals surface area contributed by atoms with Gasteiger partial charge in [0.1, 0.15) is 0 Å². The Labute approximate surface area is 184 Å². The predicted molar refractivity (Wildman–Crippen MR) is 136 cm³/mol. The quantitative estimate of drug-likeness (QED) is 0.128. The second-order valence-electron chi connectivity index (χ2n) is 9.71. The molecule has 0 amide bonds. The summed E-state index contributed by atoms with van der Waals surface area (Å²) >= 11 is 8.19. The first-order valence-electron chi connectivity index (χ1n) is 10.7. The summed E-state index contributed by atoms with van der Waals surface area (Å²) in [6.07, 6.45) is 13.2. The first-order valence-corrected chi connectivity index (χ1v) is 19.3. The maximum atomic E-state index is 4.09. The molecule has 0 aliphatic rings. The number of hydrogen-bond donors (Lipinski definition) is 0. The van der Waals surface area contributed by atoms with E-state index < -0.39 is 16.1 Å². The molecule has 0 unspecified atom stereocenters. The van der Waals surface area contributed by atoms with Crippen LogP contribution in [0.5, 0.6) is 0 Å². The highest BCUT2D eigenvalue weighted by Crippen LogP contribution is 2.39. The number of unbranched alkanes of at least 4 members (excludes halogenated alkanes) is 6. The lowest BCUT2D eigenvalue weighted by atomic mass is 9.97. The van der Waals surface area contributed by atoms with Crippen molar-refractivity contribution < 1.29 is 0 Å². The lowest BCUT2D eigenvalue weighted by Crippen LogP contribution is -2.25. The van der Waals surface area contributed by atoms with Crippen molar-refractivity contribution in [3.8, 4) is 0 Å². The summed E-state index contributed by atoms with van der Waals surface area (Å²) in [6.45, 7) is 19.4. The van der Waals surface area contributed by atoms with E-state index in [-0.39, 0.29) is 0 Å². The predicted octanol–water partition coefficient (Wildman–Crippen LogP) is 9.98. The van der Waals surface area contributed by atoms with Crippen molar-refractivity contribution in [3.05, 3.63) is 19.4 Å². The highest BCUT2D eigenvalue weighted by molar-refractivity contribution is 9.12. The van der Waals surface area contributed by atoms with Gasteiger partial charge in [0.2, 0.25) is 0 Å². The van der Waals surface area contributed by atoms with Crippen molar-refractivity contribution >= 4 is 48.0 Å². The molecule has 0 spiro atoms. The monoisotopic (exact) mass is 522 g/mol. The molecule has 0 nitrogen and oxygen atoms in total. The highest BCUT2D eigenvalue weighted by atomic mass is 79.9. The van der Waals surface area contributed by atoms with E-state index in [9.17, 15) is 0 Å². The van der Waals surface area contributed by atoms with E-state index in [1.165, 1.54) is 64.2 Å². The largest absolute Gasteiger partial charge is 0.0869 e. The zero-order valence-electron chi connectivity index (χ0n) is 18.8. The molecular weight excluding hydrogens is 480 g/mol. The summed E-state index contributed by atoms with van der Waals surface area (Å²) in [6, 6.07) is 0. The molecule has 154 valence electrons. The van der Waals surface area contributed by atoms with Crippen molar-refractivity contribution in [2.24, 2.45) is 0 Å². The maximum absolute atomic E-state index is 4.09. The number of allylic oxidation sites excluding steroid dienone is 2. The second kappa shape index (κ2) is 13.2. The fourth-order valence-corrected chi connectivity index (χ4v) is 6.39. The fraction of sp³-hybridized carbons (Fsp3) is 0.818. The molecule has 0 heterocycles. The molecule has 0 atom stereocenters. The van der Waals surface area contributed by atoms with Crippen molar-refractivity contribution in [2.45, 2.75) is 117 Å². The van der Waals surface area contributed by atoms with E-state index in [1.807, 2.05) is 0 Å². The van der Waals surface area contributed by atoms with Crippen LogP contribution >= 0.6 is 31.9 Å². The van der Waals surface area contributed by atoms with E-state index in [0.29, 0.717) is 0 Å². The molecular formula is C22H44Br2Si2. The minimum atomic E-state index is -1.36. The molecule has 0 aliphatic carbocycles. The fourth-order valence-electron chi connectivity index (χ4n) is 3.15. The van der Waals surface area contributed by atoms with Gasteiger partial charge in [0, 0.05) is 0 Å². The summed E-state index contributed by atoms with van der Waals surface area (Å²) in [5, 5.41) is 0. The van der Waals surface area contributed by atoms with Gasteiger partial charge in [-0.2, -0.15) is 0 Å². The Morgan fingerprint density at radius 1 is 0.538 bits per heavy atom. The summed E-state index contributed by atoms with van der Waals surface area (Å²) in [7, 11) is -2.72. The van der Waals surface area contributed by atoms with Crippen LogP contribution in [0.15, 0.2) is 19.4 Å². The van der Waals surface area contributed by atoms with Gasteiger partial charge in [-0.05, 0) is 45.0 Å². The normalized spacial score (nSPS) is 15.0. The van der Waals surface area contributed by atoms with Crippen LogP contribution in [0.25, 0.3) is 0 Å². The molecule has 0 saturated heterocycles. The molecule has 26 heavy (non-hydrogen) atoms. The third kappa shape index (κ3) is 10.4. The van der Waals surface area contributed by atoms with E-state index in [4.69, 9.17) is 0 Å². The maximum Gasteiger partial charge on any atom is 0.0869 e. The molecule has 0 fully saturated rings. The van der Waals surface area contributed by atoms with Gasteiger partial charge in [-0.3, -0.25) is 0 Å². The first kappa shape index (κ1) is 26.9. The van der Waals surface area contributed by atoms with Gasteiger partial charge < -0.3 is 0 Å². The van der Waals surface area contributed by atoms with E-state index in [0.717, 1.165) is 0 Å². The molecule has 0 aromatic heterocycles. The van der Waals surface area contributed by atoms with Crippen molar-refractivity contribution in [1.29, 1.82) is 0 Å². The Morgan fingerprint density at radius 2 is 0.846 bits per heavy atom. The minimum Gasteiger partial charge on any atom is -0.0654 e. The minimum absolute atomic E-state index is 1.24. The summed E-state index contributed by atoms with van der Waals surface area (Å²) in [4.78, 5) is 0. The van der Waals surface area contributed by atoms with E-state index in [1.54, 1.807) is 19.4 Å². The lowest BCUT2D eigenvalue weighted by Gasteiger charge is -2.27. The van der Waals surface area contributed by atoms with Crippen LogP contribution in [-0.4, -0.2) is 16.1 Å². The van der Waals surface area contributed by atoms with Crippen LogP contribution in [-0.2, 0) is 0 Å². The highest BCUT2D eigenvalue weighted by Gasteiger charge is 2.27. The Kier molecular flexibility index (Phi) is 13.6. The van der Waals surface area contributed by atoms with Crippen molar-refractivity contribution in [3.63, 3.8) is 0 Å². The van der Waals surface area contributed by atoms with Crippen LogP contribution in [0.2, 0.25) is 39.3 Å². The molecule has 0 aromatic carbocycles. The SMILES string of the molecule is CCCCCCC(/C(CCCCCC)=C(\Br)[Si](C)(C)C)=C(/Br)[Si](C)(C)C. The molecule has 0 saturated carbocycles. The third-order valence-electron chi connectivity index (χ3n) is 4.77. The zero-order valence-corrected chi connectivity index (χ0v) is 24.0. The number of halogens is 2. The van der Waals surface area contributed by atoms with Gasteiger partial charge in [0.05, 0.1) is 16.1 Å². The molecule has 0 radical (unpaired) electrons. The van der Waals surface area contributed by atoms with Crippen LogP contribution in [0.3, 0.4) is 0 Å². The Bertz CT molecular complexity index is 422. The van der Waals surface area contributed by atoms with Gasteiger partial charge in [-0.15, -0.1) is 0 Å². The summed E-state index contributed by atoms with van der Waals surface area (Å²) < 4.78 is 3.12. The van der Waals surface area contributed by atoms with Crippen LogP contribution in [0.4, 0.5) is 0 Å². The molecule has 4 heteroatoms. The zero-order chi connectivity index (χ0) is 20.4. The van der Waals surface area contributed by atoms with Gasteiger partial charge in [-0.1, -0.05) is 124 Å². The first-order chi connectivity index (χ1) is 12.0. The summed E-state index contributed by atoms with van der Waals surface area (Å²) in [5.41, 5.74) is 3.32. The average molecular weight is 525 g/mol. The summed E-state index contributed by atoms with van der Waals surface area (Å²) in [5.74, 6) is 0. The van der Waals surface area contributed by atoms with Gasteiger partial charge in [0.25, 0.3) is 0 Å². The Balaban J connectivity index is 5.84. The molecule has 0 aromatic rings. The average Bonchev–Trinajstić information content (AvgIpc) is 2.53. The number of rotatable bonds is 13. The molecule has 0 rings (SSSR count). The van der Waals surface area contributed by atoms with Gasteiger partial charge in [-0.25, -0.2) is 0 Å². The van der Waals surface area contributed by atoms with Crippen molar-refractivity contribution in [1.82, 2.24) is 0 Å². The molecule has 0 aliphatic heterocycles.